The molecule has 0 aliphatic carbocycles. The SMILES string of the molecule is CC1(C)c2ccccc2Oc2c(-c3ccc(N(c4ccc(-c5cccc6c5Oc5ccccc5[Si]6(C)C)cc4)c4ccc(-c5cccc6c5Sc5ccccc5[Si]6(C)C)cc4)cc3)cccc21. The van der Waals surface area contributed by atoms with Crippen molar-refractivity contribution in [1.82, 2.24) is 0 Å². The van der Waals surface area contributed by atoms with E-state index in [4.69, 9.17) is 9.47 Å². The van der Waals surface area contributed by atoms with Crippen molar-refractivity contribution in [2.45, 2.75) is 55.2 Å². The van der Waals surface area contributed by atoms with Crippen LogP contribution in [0, 0.1) is 0 Å². The lowest BCUT2D eigenvalue weighted by atomic mass is 9.75. The number of benzene rings is 9. The van der Waals surface area contributed by atoms with Crippen LogP contribution in [0.15, 0.2) is 210 Å². The maximum Gasteiger partial charge on any atom is 0.139 e. The molecule has 9 aromatic carbocycles. The molecule has 0 spiro atoms. The number of hydrogen-bond acceptors (Lipinski definition) is 4. The molecule has 0 fully saturated rings. The summed E-state index contributed by atoms with van der Waals surface area (Å²) in [5, 5.41) is 5.72. The third kappa shape index (κ3) is 6.68. The summed E-state index contributed by atoms with van der Waals surface area (Å²) in [5.74, 6) is 3.82. The fourth-order valence-electron chi connectivity index (χ4n) is 10.9. The standard InChI is InChI=1S/C61H51NO2SSi2/c1-61(2)49-19-7-8-21-51(49)63-58-46(16-13-20-50(58)61)40-28-34-43(35-29-40)62(44-36-30-41(31-37-44)47-17-14-26-56-59(47)64-52-22-9-11-24-54(52)66(56,3)4)45-38-32-42(33-39-45)48-18-15-27-57-60(48)65-53-23-10-12-25-55(53)67(57,5)6/h7-39H,1-6H3. The van der Waals surface area contributed by atoms with Gasteiger partial charge in [0.15, 0.2) is 0 Å². The lowest BCUT2D eigenvalue weighted by Crippen LogP contribution is -2.56. The van der Waals surface area contributed by atoms with E-state index in [1.54, 1.807) is 0 Å². The molecule has 326 valence electrons. The van der Waals surface area contributed by atoms with Gasteiger partial charge in [0.1, 0.15) is 39.1 Å². The lowest BCUT2D eigenvalue weighted by Gasteiger charge is -2.35. The Morgan fingerprint density at radius 3 is 1.49 bits per heavy atom. The van der Waals surface area contributed by atoms with Crippen LogP contribution in [0.3, 0.4) is 0 Å². The zero-order valence-corrected chi connectivity index (χ0v) is 41.5. The molecule has 0 atom stereocenters. The maximum absolute atomic E-state index is 6.75. The highest BCUT2D eigenvalue weighted by Gasteiger charge is 2.39. The van der Waals surface area contributed by atoms with Crippen molar-refractivity contribution in [2.24, 2.45) is 0 Å². The van der Waals surface area contributed by atoms with Gasteiger partial charge in [-0.15, -0.1) is 0 Å². The molecular formula is C61H51NO2SSi2. The Bertz CT molecular complexity index is 3050. The summed E-state index contributed by atoms with van der Waals surface area (Å²) in [7, 11) is -3.85. The summed E-state index contributed by atoms with van der Waals surface area (Å²) >= 11 is 1.93. The van der Waals surface area contributed by atoms with Gasteiger partial charge in [-0.05, 0) is 97.6 Å². The Labute approximate surface area is 400 Å². The predicted octanol–water partition coefficient (Wildman–Crippen LogP) is 14.8. The van der Waals surface area contributed by atoms with Gasteiger partial charge >= 0.3 is 0 Å². The fourth-order valence-corrected chi connectivity index (χ4v) is 19.3. The number of nitrogens with zero attached hydrogens (tertiary/aromatic N) is 1. The number of para-hydroxylation sites is 4. The molecule has 0 amide bonds. The zero-order valence-electron chi connectivity index (χ0n) is 38.7. The Balaban J connectivity index is 0.935. The molecule has 3 heterocycles. The van der Waals surface area contributed by atoms with E-state index in [1.165, 1.54) is 52.8 Å². The number of anilines is 3. The van der Waals surface area contributed by atoms with Gasteiger partial charge in [-0.3, -0.25) is 0 Å². The summed E-state index contributed by atoms with van der Waals surface area (Å²) in [6.45, 7) is 14.4. The molecule has 0 bridgehead atoms. The van der Waals surface area contributed by atoms with Gasteiger partial charge in [-0.2, -0.15) is 0 Å². The highest BCUT2D eigenvalue weighted by Crippen LogP contribution is 2.51. The second-order valence-electron chi connectivity index (χ2n) is 19.7. The van der Waals surface area contributed by atoms with E-state index in [9.17, 15) is 0 Å². The van der Waals surface area contributed by atoms with E-state index >= 15 is 0 Å². The summed E-state index contributed by atoms with van der Waals surface area (Å²) < 4.78 is 13.5. The van der Waals surface area contributed by atoms with E-state index in [-0.39, 0.29) is 5.41 Å². The topological polar surface area (TPSA) is 21.7 Å². The molecule has 0 aromatic heterocycles. The second kappa shape index (κ2) is 15.6. The van der Waals surface area contributed by atoms with Crippen LogP contribution >= 0.6 is 11.8 Å². The maximum atomic E-state index is 6.75. The first-order valence-corrected chi connectivity index (χ1v) is 30.1. The van der Waals surface area contributed by atoms with E-state index in [0.29, 0.717) is 0 Å². The summed E-state index contributed by atoms with van der Waals surface area (Å²) in [6.07, 6.45) is 0. The lowest BCUT2D eigenvalue weighted by molar-refractivity contribution is 0.419. The number of rotatable bonds is 6. The van der Waals surface area contributed by atoms with Crippen molar-refractivity contribution < 1.29 is 9.47 Å². The van der Waals surface area contributed by atoms with Gasteiger partial charge < -0.3 is 14.4 Å². The molecule has 0 saturated heterocycles. The Morgan fingerprint density at radius 1 is 0.388 bits per heavy atom. The normalized spacial score (nSPS) is 15.3. The summed E-state index contributed by atoms with van der Waals surface area (Å²) in [6, 6.07) is 73.4. The molecule has 3 nitrogen and oxygen atoms in total. The van der Waals surface area contributed by atoms with E-state index in [2.05, 4.69) is 245 Å². The number of ether oxygens (including phenoxy) is 2. The van der Waals surface area contributed by atoms with Crippen LogP contribution in [0.5, 0.6) is 23.0 Å². The number of hydrogen-bond donors (Lipinski definition) is 0. The third-order valence-corrected chi connectivity index (χ3v) is 23.3. The molecular weight excluding hydrogens is 867 g/mol. The Morgan fingerprint density at radius 2 is 0.836 bits per heavy atom. The van der Waals surface area contributed by atoms with Crippen LogP contribution in [0.25, 0.3) is 33.4 Å². The smallest absolute Gasteiger partial charge is 0.139 e. The Kier molecular flexibility index (Phi) is 9.70. The minimum absolute atomic E-state index is 0.191. The van der Waals surface area contributed by atoms with Crippen molar-refractivity contribution >= 4 is 65.7 Å². The van der Waals surface area contributed by atoms with Gasteiger partial charge in [0.2, 0.25) is 0 Å². The fraction of sp³-hybridized carbons (Fsp3) is 0.115. The van der Waals surface area contributed by atoms with Crippen LogP contribution in [-0.2, 0) is 5.41 Å². The highest BCUT2D eigenvalue weighted by molar-refractivity contribution is 8.00. The van der Waals surface area contributed by atoms with Gasteiger partial charge in [-0.25, -0.2) is 0 Å². The monoisotopic (exact) mass is 917 g/mol. The van der Waals surface area contributed by atoms with Crippen LogP contribution in [0.1, 0.15) is 25.0 Å². The molecule has 0 radical (unpaired) electrons. The van der Waals surface area contributed by atoms with Crippen LogP contribution in [0.4, 0.5) is 17.1 Å². The minimum atomic E-state index is -1.97. The van der Waals surface area contributed by atoms with Gasteiger partial charge in [-0.1, -0.05) is 197 Å². The van der Waals surface area contributed by atoms with Crippen LogP contribution in [-0.4, -0.2) is 16.1 Å². The predicted molar refractivity (Wildman–Crippen MR) is 287 cm³/mol. The molecule has 0 saturated carbocycles. The van der Waals surface area contributed by atoms with Gasteiger partial charge in [0.05, 0.1) is 0 Å². The molecule has 3 aliphatic heterocycles. The first-order chi connectivity index (χ1) is 32.5. The zero-order chi connectivity index (χ0) is 45.7. The third-order valence-electron chi connectivity index (χ3n) is 14.7. The van der Waals surface area contributed by atoms with Crippen molar-refractivity contribution in [1.29, 1.82) is 0 Å². The van der Waals surface area contributed by atoms with Crippen molar-refractivity contribution in [2.75, 3.05) is 4.90 Å². The second-order valence-corrected chi connectivity index (χ2v) is 29.4. The van der Waals surface area contributed by atoms with Crippen LogP contribution < -0.4 is 35.1 Å². The van der Waals surface area contributed by atoms with Crippen LogP contribution in [0.2, 0.25) is 26.2 Å². The first kappa shape index (κ1) is 41.6. The molecule has 0 unspecified atom stereocenters. The summed E-state index contributed by atoms with van der Waals surface area (Å²) in [5.41, 5.74) is 12.4. The van der Waals surface area contributed by atoms with Crippen molar-refractivity contribution in [3.05, 3.63) is 211 Å². The van der Waals surface area contributed by atoms with E-state index in [0.717, 1.165) is 62.3 Å². The van der Waals surface area contributed by atoms with E-state index < -0.39 is 16.1 Å². The largest absolute Gasteiger partial charge is 0.457 e. The molecule has 3 aliphatic rings. The average molecular weight is 918 g/mol. The molecule has 6 heteroatoms. The molecule has 0 N–H and O–H groups in total. The molecule has 9 aromatic rings. The van der Waals surface area contributed by atoms with Crippen molar-refractivity contribution in [3.8, 4) is 56.4 Å². The minimum Gasteiger partial charge on any atom is -0.457 e. The molecule has 67 heavy (non-hydrogen) atoms. The van der Waals surface area contributed by atoms with Gasteiger partial charge in [0.25, 0.3) is 0 Å². The highest BCUT2D eigenvalue weighted by atomic mass is 32.2. The van der Waals surface area contributed by atoms with E-state index in [1.807, 2.05) is 11.8 Å². The van der Waals surface area contributed by atoms with Gasteiger partial charge in [0, 0.05) is 54.5 Å². The Hall–Kier alpha value is -6.84. The summed E-state index contributed by atoms with van der Waals surface area (Å²) in [4.78, 5) is 5.16. The average Bonchev–Trinajstić information content (AvgIpc) is 3.35. The molecule has 12 rings (SSSR count). The quantitative estimate of drug-likeness (QED) is 0.155. The van der Waals surface area contributed by atoms with Crippen molar-refractivity contribution in [3.63, 3.8) is 0 Å². The first-order valence-electron chi connectivity index (χ1n) is 23.3. The number of fused-ring (bicyclic) bond motifs is 6.